The number of carbonyl (C=O) groups excluding carboxylic acids is 2. The lowest BCUT2D eigenvalue weighted by Gasteiger charge is -2.30. The summed E-state index contributed by atoms with van der Waals surface area (Å²) in [5.41, 5.74) is 5.58. The smallest absolute Gasteiger partial charge is 0.257 e. The Labute approximate surface area is 137 Å². The average Bonchev–Trinajstić information content (AvgIpc) is 2.53. The Balaban J connectivity index is 1.64. The fourth-order valence-electron chi connectivity index (χ4n) is 2.76. The summed E-state index contributed by atoms with van der Waals surface area (Å²) in [6.45, 7) is 5.97. The number of hydrogen-bond acceptors (Lipinski definition) is 4. The zero-order valence-corrected chi connectivity index (χ0v) is 13.6. The first kappa shape index (κ1) is 17.3. The number of benzene rings is 1. The molecule has 0 spiro atoms. The van der Waals surface area contributed by atoms with Crippen LogP contribution in [0.15, 0.2) is 24.3 Å². The number of primary amides is 1. The van der Waals surface area contributed by atoms with Gasteiger partial charge in [0, 0.05) is 25.2 Å². The molecule has 2 rings (SSSR count). The van der Waals surface area contributed by atoms with E-state index in [-0.39, 0.29) is 12.5 Å². The predicted molar refractivity (Wildman–Crippen MR) is 88.3 cm³/mol. The highest BCUT2D eigenvalue weighted by molar-refractivity contribution is 5.92. The molecule has 3 N–H and O–H groups in total. The highest BCUT2D eigenvalue weighted by Crippen LogP contribution is 2.14. The Hall–Kier alpha value is -2.08. The molecule has 6 heteroatoms. The van der Waals surface area contributed by atoms with Gasteiger partial charge in [0.15, 0.2) is 6.61 Å². The van der Waals surface area contributed by atoms with Crippen molar-refractivity contribution in [1.82, 2.24) is 10.2 Å². The number of rotatable bonds is 7. The molecule has 0 saturated carbocycles. The van der Waals surface area contributed by atoms with Crippen molar-refractivity contribution < 1.29 is 14.3 Å². The molecule has 1 aromatic carbocycles. The van der Waals surface area contributed by atoms with Gasteiger partial charge in [-0.1, -0.05) is 6.92 Å². The quantitative estimate of drug-likeness (QED) is 0.785. The number of hydrogen-bond donors (Lipinski definition) is 2. The summed E-state index contributed by atoms with van der Waals surface area (Å²) in [6, 6.07) is 6.41. The summed E-state index contributed by atoms with van der Waals surface area (Å²) < 4.78 is 5.38. The predicted octanol–water partition coefficient (Wildman–Crippen LogP) is 1.01. The van der Waals surface area contributed by atoms with Gasteiger partial charge < -0.3 is 20.7 Å². The van der Waals surface area contributed by atoms with Crippen molar-refractivity contribution >= 4 is 11.8 Å². The van der Waals surface area contributed by atoms with Gasteiger partial charge in [0.05, 0.1) is 0 Å². The zero-order valence-electron chi connectivity index (χ0n) is 13.6. The fraction of sp³-hybridized carbons (Fsp3) is 0.529. The van der Waals surface area contributed by atoms with Crippen LogP contribution in [0.4, 0.5) is 0 Å². The summed E-state index contributed by atoms with van der Waals surface area (Å²) in [7, 11) is 0. The lowest BCUT2D eigenvalue weighted by molar-refractivity contribution is -0.123. The normalized spacial score (nSPS) is 18.4. The third kappa shape index (κ3) is 5.90. The van der Waals surface area contributed by atoms with Crippen molar-refractivity contribution in [2.24, 2.45) is 11.7 Å². The van der Waals surface area contributed by atoms with Crippen LogP contribution < -0.4 is 15.8 Å². The summed E-state index contributed by atoms with van der Waals surface area (Å²) >= 11 is 0. The number of ether oxygens (including phenoxy) is 1. The molecule has 1 saturated heterocycles. The van der Waals surface area contributed by atoms with Gasteiger partial charge in [-0.15, -0.1) is 0 Å². The molecule has 0 radical (unpaired) electrons. The maximum atomic E-state index is 11.8. The number of piperidine rings is 1. The maximum absolute atomic E-state index is 11.8. The molecular weight excluding hydrogens is 294 g/mol. The van der Waals surface area contributed by atoms with Gasteiger partial charge in [0.1, 0.15) is 5.75 Å². The van der Waals surface area contributed by atoms with Crippen molar-refractivity contribution in [3.05, 3.63) is 29.8 Å². The monoisotopic (exact) mass is 319 g/mol. The Bertz CT molecular complexity index is 530. The van der Waals surface area contributed by atoms with Crippen LogP contribution in [0.25, 0.3) is 0 Å². The summed E-state index contributed by atoms with van der Waals surface area (Å²) in [4.78, 5) is 25.1. The van der Waals surface area contributed by atoms with Crippen LogP contribution in [0.3, 0.4) is 0 Å². The lowest BCUT2D eigenvalue weighted by atomic mass is 10.0. The molecule has 1 unspecified atom stereocenters. The Morgan fingerprint density at radius 3 is 2.74 bits per heavy atom. The van der Waals surface area contributed by atoms with Crippen LogP contribution in [0.2, 0.25) is 0 Å². The Kier molecular flexibility index (Phi) is 6.40. The van der Waals surface area contributed by atoms with E-state index in [2.05, 4.69) is 17.1 Å². The first-order valence-electron chi connectivity index (χ1n) is 8.06. The minimum Gasteiger partial charge on any atom is -0.484 e. The first-order valence-corrected chi connectivity index (χ1v) is 8.06. The number of nitrogens with zero attached hydrogens (tertiary/aromatic N) is 1. The van der Waals surface area contributed by atoms with Gasteiger partial charge in [-0.3, -0.25) is 9.59 Å². The van der Waals surface area contributed by atoms with Crippen LogP contribution in [0.1, 0.15) is 30.1 Å². The Morgan fingerprint density at radius 1 is 1.35 bits per heavy atom. The molecule has 23 heavy (non-hydrogen) atoms. The van der Waals surface area contributed by atoms with Crippen LogP contribution in [0.5, 0.6) is 5.75 Å². The second-order valence-corrected chi connectivity index (χ2v) is 6.08. The van der Waals surface area contributed by atoms with Crippen molar-refractivity contribution in [2.75, 3.05) is 32.8 Å². The van der Waals surface area contributed by atoms with Gasteiger partial charge in [0.2, 0.25) is 5.91 Å². The van der Waals surface area contributed by atoms with Crippen molar-refractivity contribution in [1.29, 1.82) is 0 Å². The molecule has 0 bridgehead atoms. The van der Waals surface area contributed by atoms with E-state index in [1.807, 2.05) is 0 Å². The number of likely N-dealkylation sites (tertiary alicyclic amines) is 1. The summed E-state index contributed by atoms with van der Waals surface area (Å²) in [5.74, 6) is 0.650. The molecule has 1 aliphatic heterocycles. The molecule has 2 amide bonds. The van der Waals surface area contributed by atoms with Crippen molar-refractivity contribution in [2.45, 2.75) is 19.8 Å². The van der Waals surface area contributed by atoms with E-state index in [1.54, 1.807) is 24.3 Å². The minimum atomic E-state index is -0.485. The van der Waals surface area contributed by atoms with Crippen LogP contribution in [-0.4, -0.2) is 49.5 Å². The molecule has 1 aliphatic rings. The second-order valence-electron chi connectivity index (χ2n) is 6.08. The first-order chi connectivity index (χ1) is 11.0. The fourth-order valence-corrected chi connectivity index (χ4v) is 2.76. The van der Waals surface area contributed by atoms with E-state index >= 15 is 0 Å². The molecule has 1 heterocycles. The molecule has 6 nitrogen and oxygen atoms in total. The van der Waals surface area contributed by atoms with Gasteiger partial charge in [-0.25, -0.2) is 0 Å². The van der Waals surface area contributed by atoms with E-state index in [1.165, 1.54) is 12.8 Å². The molecule has 126 valence electrons. The van der Waals surface area contributed by atoms with Crippen LogP contribution in [-0.2, 0) is 4.79 Å². The highest BCUT2D eigenvalue weighted by atomic mass is 16.5. The summed E-state index contributed by atoms with van der Waals surface area (Å²) in [5, 5.41) is 2.86. The molecular formula is C17H25N3O3. The minimum absolute atomic E-state index is 0.0354. The topological polar surface area (TPSA) is 84.7 Å². The number of nitrogens with one attached hydrogen (secondary N) is 1. The SMILES string of the molecule is CC1CCCN(CCNC(=O)COc2ccc(C(N)=O)cc2)C1. The standard InChI is InChI=1S/C17H25N3O3/c1-13-3-2-9-20(11-13)10-8-19-16(21)12-23-15-6-4-14(5-7-15)17(18)22/h4-7,13H,2-3,8-12H2,1H3,(H2,18,22)(H,19,21). The van der Waals surface area contributed by atoms with E-state index in [0.29, 0.717) is 17.9 Å². The van der Waals surface area contributed by atoms with E-state index < -0.39 is 5.91 Å². The van der Waals surface area contributed by atoms with Crippen molar-refractivity contribution in [3.8, 4) is 5.75 Å². The van der Waals surface area contributed by atoms with E-state index in [4.69, 9.17) is 10.5 Å². The van der Waals surface area contributed by atoms with Crippen LogP contribution in [0, 0.1) is 5.92 Å². The largest absolute Gasteiger partial charge is 0.484 e. The van der Waals surface area contributed by atoms with Crippen LogP contribution >= 0.6 is 0 Å². The second kappa shape index (κ2) is 8.53. The van der Waals surface area contributed by atoms with Gasteiger partial charge in [0.25, 0.3) is 5.91 Å². The van der Waals surface area contributed by atoms with E-state index in [0.717, 1.165) is 25.6 Å². The van der Waals surface area contributed by atoms with E-state index in [9.17, 15) is 9.59 Å². The highest BCUT2D eigenvalue weighted by Gasteiger charge is 2.15. The molecule has 0 aromatic heterocycles. The number of amides is 2. The molecule has 1 fully saturated rings. The van der Waals surface area contributed by atoms with Gasteiger partial charge in [-0.05, 0) is 49.6 Å². The summed E-state index contributed by atoms with van der Waals surface area (Å²) in [6.07, 6.45) is 2.53. The van der Waals surface area contributed by atoms with Gasteiger partial charge >= 0.3 is 0 Å². The van der Waals surface area contributed by atoms with Gasteiger partial charge in [-0.2, -0.15) is 0 Å². The number of carbonyl (C=O) groups is 2. The Morgan fingerprint density at radius 2 is 2.09 bits per heavy atom. The zero-order chi connectivity index (χ0) is 16.7. The third-order valence-electron chi connectivity index (χ3n) is 4.00. The number of nitrogens with two attached hydrogens (primary N) is 1. The maximum Gasteiger partial charge on any atom is 0.257 e. The third-order valence-corrected chi connectivity index (χ3v) is 4.00. The molecule has 1 aromatic rings. The molecule has 0 aliphatic carbocycles. The lowest BCUT2D eigenvalue weighted by Crippen LogP contribution is -2.41. The average molecular weight is 319 g/mol. The van der Waals surface area contributed by atoms with Crippen molar-refractivity contribution in [3.63, 3.8) is 0 Å². The molecule has 1 atom stereocenters.